The van der Waals surface area contributed by atoms with Gasteiger partial charge in [0, 0.05) is 0 Å². The molecule has 0 saturated heterocycles. The molecule has 0 heterocycles. The molecule has 0 N–H and O–H groups in total. The van der Waals surface area contributed by atoms with Crippen molar-refractivity contribution in [3.05, 3.63) is 37.0 Å². The highest BCUT2D eigenvalue weighted by Crippen LogP contribution is 2.40. The van der Waals surface area contributed by atoms with E-state index in [0.717, 1.165) is 5.92 Å². The first-order valence-electron chi connectivity index (χ1n) is 8.24. The normalized spacial score (nSPS) is 14.7. The largest absolute Gasteiger partial charge is 0.0991 e. The summed E-state index contributed by atoms with van der Waals surface area (Å²) >= 11 is 0. The minimum absolute atomic E-state index is 0.370. The van der Waals surface area contributed by atoms with Crippen molar-refractivity contribution in [2.75, 3.05) is 0 Å². The van der Waals surface area contributed by atoms with Crippen molar-refractivity contribution in [1.29, 1.82) is 0 Å². The topological polar surface area (TPSA) is 0 Å². The summed E-state index contributed by atoms with van der Waals surface area (Å²) in [6, 6.07) is 0. The average molecular weight is 279 g/mol. The Morgan fingerprint density at radius 2 is 1.65 bits per heavy atom. The fourth-order valence-electron chi connectivity index (χ4n) is 2.43. The molecular weight excluding hydrogens is 240 g/mol. The molecule has 0 bridgehead atoms. The van der Waals surface area contributed by atoms with Gasteiger partial charge in [0.1, 0.15) is 0 Å². The molecule has 0 nitrogen and oxygen atoms in total. The molecule has 0 saturated carbocycles. The molecule has 0 aliphatic heterocycles. The van der Waals surface area contributed by atoms with Crippen molar-refractivity contribution in [1.82, 2.24) is 0 Å². The SMILES string of the molecule is C=C/C=C\C(=C)C(CC(C)(C)C(C)CC)C(C)C.CC. The molecule has 0 radical (unpaired) electrons. The van der Waals surface area contributed by atoms with Gasteiger partial charge in [-0.25, -0.2) is 0 Å². The molecule has 2 unspecified atom stereocenters. The van der Waals surface area contributed by atoms with Crippen LogP contribution >= 0.6 is 0 Å². The van der Waals surface area contributed by atoms with Crippen LogP contribution in [0.15, 0.2) is 37.0 Å². The van der Waals surface area contributed by atoms with Crippen LogP contribution in [0.2, 0.25) is 0 Å². The lowest BCUT2D eigenvalue weighted by molar-refractivity contribution is 0.164. The Labute approximate surface area is 129 Å². The molecule has 0 aliphatic rings. The summed E-state index contributed by atoms with van der Waals surface area (Å²) in [7, 11) is 0. The Kier molecular flexibility index (Phi) is 11.8. The van der Waals surface area contributed by atoms with Crippen molar-refractivity contribution in [3.63, 3.8) is 0 Å². The van der Waals surface area contributed by atoms with Crippen LogP contribution in [0, 0.1) is 23.2 Å². The summed E-state index contributed by atoms with van der Waals surface area (Å²) in [5, 5.41) is 0. The molecule has 0 rings (SSSR count). The molecule has 2 atom stereocenters. The van der Waals surface area contributed by atoms with Crippen molar-refractivity contribution >= 4 is 0 Å². The summed E-state index contributed by atoms with van der Waals surface area (Å²) in [6.45, 7) is 26.0. The highest BCUT2D eigenvalue weighted by atomic mass is 14.3. The maximum atomic E-state index is 4.25. The van der Waals surface area contributed by atoms with E-state index in [2.05, 4.69) is 60.8 Å². The summed E-state index contributed by atoms with van der Waals surface area (Å²) in [5.74, 6) is 1.94. The Morgan fingerprint density at radius 1 is 1.15 bits per heavy atom. The maximum Gasteiger partial charge on any atom is -0.0140 e. The predicted octanol–water partition coefficient (Wildman–Crippen LogP) is 7.05. The Morgan fingerprint density at radius 3 is 2.00 bits per heavy atom. The van der Waals surface area contributed by atoms with E-state index in [1.165, 1.54) is 18.4 Å². The summed E-state index contributed by atoms with van der Waals surface area (Å²) in [5.41, 5.74) is 1.61. The zero-order valence-electron chi connectivity index (χ0n) is 15.3. The number of allylic oxidation sites excluding steroid dienone is 4. The second-order valence-electron chi connectivity index (χ2n) is 6.52. The monoisotopic (exact) mass is 278 g/mol. The Balaban J connectivity index is 0. The van der Waals surface area contributed by atoms with Gasteiger partial charge >= 0.3 is 0 Å². The summed E-state index contributed by atoms with van der Waals surface area (Å²) in [4.78, 5) is 0. The van der Waals surface area contributed by atoms with Crippen LogP contribution < -0.4 is 0 Å². The van der Waals surface area contributed by atoms with E-state index in [-0.39, 0.29) is 0 Å². The van der Waals surface area contributed by atoms with E-state index in [0.29, 0.717) is 17.3 Å². The molecule has 0 spiro atoms. The van der Waals surface area contributed by atoms with Gasteiger partial charge in [0.25, 0.3) is 0 Å². The van der Waals surface area contributed by atoms with Gasteiger partial charge in [0.15, 0.2) is 0 Å². The van der Waals surface area contributed by atoms with Crippen molar-refractivity contribution in [2.45, 2.75) is 68.2 Å². The van der Waals surface area contributed by atoms with Crippen LogP contribution in [0.25, 0.3) is 0 Å². The first-order valence-corrected chi connectivity index (χ1v) is 8.24. The lowest BCUT2D eigenvalue weighted by atomic mass is 9.69. The number of hydrogen-bond acceptors (Lipinski definition) is 0. The van der Waals surface area contributed by atoms with Gasteiger partial charge in [-0.1, -0.05) is 98.8 Å². The molecule has 0 fully saturated rings. The number of rotatable bonds is 8. The molecule has 118 valence electrons. The van der Waals surface area contributed by atoms with E-state index in [1.807, 2.05) is 26.0 Å². The zero-order chi connectivity index (χ0) is 16.3. The van der Waals surface area contributed by atoms with E-state index < -0.39 is 0 Å². The van der Waals surface area contributed by atoms with Crippen LogP contribution in [0.5, 0.6) is 0 Å². The van der Waals surface area contributed by atoms with Gasteiger partial charge < -0.3 is 0 Å². The second kappa shape index (κ2) is 10.9. The second-order valence-corrected chi connectivity index (χ2v) is 6.52. The minimum Gasteiger partial charge on any atom is -0.0991 e. The maximum absolute atomic E-state index is 4.25. The minimum atomic E-state index is 0.370. The lowest BCUT2D eigenvalue weighted by Gasteiger charge is -2.36. The van der Waals surface area contributed by atoms with Crippen LogP contribution in [-0.4, -0.2) is 0 Å². The zero-order valence-corrected chi connectivity index (χ0v) is 15.3. The van der Waals surface area contributed by atoms with E-state index in [1.54, 1.807) is 0 Å². The van der Waals surface area contributed by atoms with Crippen LogP contribution in [-0.2, 0) is 0 Å². The van der Waals surface area contributed by atoms with E-state index in [4.69, 9.17) is 0 Å². The van der Waals surface area contributed by atoms with Gasteiger partial charge in [-0.05, 0) is 29.6 Å². The van der Waals surface area contributed by atoms with Gasteiger partial charge in [-0.2, -0.15) is 0 Å². The standard InChI is InChI=1S/C18H32.C2H6/c1-9-11-12-15(5)17(14(3)4)13-18(7,8)16(6)10-2;1-2/h9,11-12,14,16-17H,1,5,10,13H2,2-4,6-8H3;1-2H3/b12-11-;. The molecule has 0 heteroatoms. The van der Waals surface area contributed by atoms with Crippen molar-refractivity contribution in [3.8, 4) is 0 Å². The fraction of sp³-hybridized carbons (Fsp3) is 0.700. The highest BCUT2D eigenvalue weighted by Gasteiger charge is 2.30. The van der Waals surface area contributed by atoms with Gasteiger partial charge in [-0.3, -0.25) is 0 Å². The third-order valence-corrected chi connectivity index (χ3v) is 4.42. The van der Waals surface area contributed by atoms with Crippen LogP contribution in [0.4, 0.5) is 0 Å². The van der Waals surface area contributed by atoms with Crippen LogP contribution in [0.1, 0.15) is 68.2 Å². The summed E-state index contributed by atoms with van der Waals surface area (Å²) < 4.78 is 0. The van der Waals surface area contributed by atoms with Crippen LogP contribution in [0.3, 0.4) is 0 Å². The lowest BCUT2D eigenvalue weighted by Crippen LogP contribution is -2.27. The quantitative estimate of drug-likeness (QED) is 0.417. The van der Waals surface area contributed by atoms with Crippen molar-refractivity contribution < 1.29 is 0 Å². The molecule has 0 aromatic heterocycles. The van der Waals surface area contributed by atoms with Crippen molar-refractivity contribution in [2.24, 2.45) is 23.2 Å². The molecule has 0 aliphatic carbocycles. The molecule has 0 amide bonds. The predicted molar refractivity (Wildman–Crippen MR) is 96.0 cm³/mol. The highest BCUT2D eigenvalue weighted by molar-refractivity contribution is 5.21. The Hall–Kier alpha value is -0.780. The molecule has 0 aromatic carbocycles. The third kappa shape index (κ3) is 7.72. The Bertz CT molecular complexity index is 291. The molecule has 20 heavy (non-hydrogen) atoms. The fourth-order valence-corrected chi connectivity index (χ4v) is 2.43. The smallest absolute Gasteiger partial charge is 0.0140 e. The first kappa shape index (κ1) is 21.5. The van der Waals surface area contributed by atoms with Gasteiger partial charge in [-0.15, -0.1) is 0 Å². The third-order valence-electron chi connectivity index (χ3n) is 4.42. The summed E-state index contributed by atoms with van der Waals surface area (Å²) in [6.07, 6.45) is 8.38. The van der Waals surface area contributed by atoms with E-state index in [9.17, 15) is 0 Å². The van der Waals surface area contributed by atoms with E-state index >= 15 is 0 Å². The first-order chi connectivity index (χ1) is 9.26. The number of hydrogen-bond donors (Lipinski definition) is 0. The van der Waals surface area contributed by atoms with Gasteiger partial charge in [0.2, 0.25) is 0 Å². The molecular formula is C20H38. The molecule has 0 aromatic rings. The van der Waals surface area contributed by atoms with Gasteiger partial charge in [0.05, 0.1) is 0 Å². The average Bonchev–Trinajstić information content (AvgIpc) is 2.43.